The van der Waals surface area contributed by atoms with Crippen molar-refractivity contribution in [3.63, 3.8) is 0 Å². The number of thioether (sulfide) groups is 2. The largest absolute Gasteiger partial charge is 0.593 e. The van der Waals surface area contributed by atoms with Crippen LogP contribution in [0.25, 0.3) is 0 Å². The summed E-state index contributed by atoms with van der Waals surface area (Å²) in [5, 5.41) is 51.5. The molecule has 4 heterocycles. The molecule has 2 aliphatic rings. The first-order chi connectivity index (χ1) is 18.2. The fourth-order valence-corrected chi connectivity index (χ4v) is 6.83. The van der Waals surface area contributed by atoms with Crippen LogP contribution < -0.4 is 20.8 Å². The molecule has 3 atom stereocenters. The van der Waals surface area contributed by atoms with Crippen molar-refractivity contribution in [2.75, 3.05) is 18.1 Å². The maximum absolute atomic E-state index is 13.1. The van der Waals surface area contributed by atoms with Crippen molar-refractivity contribution in [1.29, 1.82) is 5.26 Å². The van der Waals surface area contributed by atoms with E-state index in [9.17, 15) is 34.6 Å². The summed E-state index contributed by atoms with van der Waals surface area (Å²) in [6, 6.07) is 4.76. The standard InChI is InChI=1S/C21H19N7O7S3/c22-5-6-23-21(34)25-14(11-2-1-7-36-11)17(30)24-15-18(31)27-16(20(32)33)10(9-38-19(15)27)8-37-13-4-3-12(29)26-28(13)35/h1-4,7,14-15,19H,6,8-9H2,(H,24,30)(H,26,29)(H,32,33)(H2,23,25,34)/t14?,15-,19?/m1/s1. The number of urea groups is 1. The van der Waals surface area contributed by atoms with E-state index in [2.05, 4.69) is 21.0 Å². The lowest BCUT2D eigenvalue weighted by Gasteiger charge is -2.49. The molecule has 0 aliphatic carbocycles. The second-order valence-corrected chi connectivity index (χ2v) is 10.9. The predicted octanol–water partition coefficient (Wildman–Crippen LogP) is -0.123. The van der Waals surface area contributed by atoms with Gasteiger partial charge in [0.05, 0.1) is 11.2 Å². The van der Waals surface area contributed by atoms with Crippen LogP contribution in [-0.4, -0.2) is 73.5 Å². The van der Waals surface area contributed by atoms with Crippen LogP contribution in [0.3, 0.4) is 0 Å². The monoisotopic (exact) mass is 577 g/mol. The maximum Gasteiger partial charge on any atom is 0.352 e. The Hall–Kier alpha value is -4.01. The number of hydrogen-bond donors (Lipinski definition) is 5. The number of aromatic nitrogens is 2. The molecule has 0 saturated carbocycles. The minimum atomic E-state index is -1.32. The van der Waals surface area contributed by atoms with Crippen LogP contribution in [-0.2, 0) is 14.4 Å². The topological polar surface area (TPSA) is 212 Å². The van der Waals surface area contributed by atoms with Crippen LogP contribution in [0.15, 0.2) is 45.9 Å². The first-order valence-electron chi connectivity index (χ1n) is 10.8. The summed E-state index contributed by atoms with van der Waals surface area (Å²) in [6.07, 6.45) is 0. The van der Waals surface area contributed by atoms with Crippen LogP contribution in [0.2, 0.25) is 0 Å². The fraction of sp³-hybridized carbons (Fsp3) is 0.286. The Balaban J connectivity index is 1.47. The first kappa shape index (κ1) is 27.0. The van der Waals surface area contributed by atoms with Gasteiger partial charge in [-0.2, -0.15) is 5.26 Å². The highest BCUT2D eigenvalue weighted by Crippen LogP contribution is 2.41. The van der Waals surface area contributed by atoms with Crippen molar-refractivity contribution in [3.8, 4) is 11.9 Å². The van der Waals surface area contributed by atoms with Gasteiger partial charge in [-0.05, 0) is 33.6 Å². The van der Waals surface area contributed by atoms with Crippen molar-refractivity contribution in [2.45, 2.75) is 22.5 Å². The second-order valence-electron chi connectivity index (χ2n) is 7.78. The fourth-order valence-electron chi connectivity index (χ4n) is 3.70. The number of hydrogen-bond acceptors (Lipinski definition) is 11. The average Bonchev–Trinajstić information content (AvgIpc) is 3.42. The molecule has 2 unspecified atom stereocenters. The van der Waals surface area contributed by atoms with Gasteiger partial charge in [-0.25, -0.2) is 9.59 Å². The van der Waals surface area contributed by atoms with Gasteiger partial charge in [0, 0.05) is 28.5 Å². The molecule has 17 heteroatoms. The Morgan fingerprint density at radius 1 is 1.37 bits per heavy atom. The Bertz CT molecular complexity index is 1350. The molecule has 198 valence electrons. The summed E-state index contributed by atoms with van der Waals surface area (Å²) in [5.41, 5.74) is 0.187. The number of carbonyl (C=O) groups excluding carboxylic acids is 3. The Morgan fingerprint density at radius 2 is 2.16 bits per heavy atom. The highest BCUT2D eigenvalue weighted by Gasteiger charge is 2.54. The van der Waals surface area contributed by atoms with E-state index in [1.807, 2.05) is 0 Å². The maximum atomic E-state index is 13.1. The summed E-state index contributed by atoms with van der Waals surface area (Å²) in [5.74, 6) is -2.76. The number of fused-ring (bicyclic) bond motifs is 1. The van der Waals surface area contributed by atoms with E-state index in [4.69, 9.17) is 5.26 Å². The van der Waals surface area contributed by atoms with E-state index in [-0.39, 0.29) is 33.6 Å². The predicted molar refractivity (Wildman–Crippen MR) is 134 cm³/mol. The lowest BCUT2D eigenvalue weighted by molar-refractivity contribution is -0.707. The molecule has 0 spiro atoms. The number of thiophene rings is 1. The minimum Gasteiger partial charge on any atom is -0.593 e. The molecule has 2 aromatic heterocycles. The third-order valence-electron chi connectivity index (χ3n) is 5.39. The number of amides is 4. The average molecular weight is 578 g/mol. The molecule has 2 aromatic rings. The van der Waals surface area contributed by atoms with Crippen molar-refractivity contribution >= 4 is 58.7 Å². The normalized spacial score (nSPS) is 19.0. The van der Waals surface area contributed by atoms with Gasteiger partial charge in [0.2, 0.25) is 5.91 Å². The van der Waals surface area contributed by atoms with Gasteiger partial charge in [0.25, 0.3) is 16.8 Å². The number of nitrogens with zero attached hydrogens (tertiary/aromatic N) is 4. The number of aliphatic carboxylic acids is 1. The molecular weight excluding hydrogens is 558 g/mol. The van der Waals surface area contributed by atoms with E-state index in [1.54, 1.807) is 23.6 Å². The van der Waals surface area contributed by atoms with Gasteiger partial charge in [0.15, 0.2) is 0 Å². The molecular formula is C21H19N7O7S3. The zero-order valence-electron chi connectivity index (χ0n) is 19.2. The van der Waals surface area contributed by atoms with Gasteiger partial charge >= 0.3 is 12.0 Å². The molecule has 4 amide bonds. The number of rotatable bonds is 9. The lowest BCUT2D eigenvalue weighted by atomic mass is 10.0. The summed E-state index contributed by atoms with van der Waals surface area (Å²) in [4.78, 5) is 52.1. The highest BCUT2D eigenvalue weighted by molar-refractivity contribution is 8.01. The Labute approximate surface area is 227 Å². The van der Waals surface area contributed by atoms with Gasteiger partial charge in [0.1, 0.15) is 29.7 Å². The smallest absolute Gasteiger partial charge is 0.352 e. The van der Waals surface area contributed by atoms with Crippen LogP contribution in [0, 0.1) is 16.5 Å². The van der Waals surface area contributed by atoms with Crippen LogP contribution in [0.1, 0.15) is 10.9 Å². The van der Waals surface area contributed by atoms with Gasteiger partial charge < -0.3 is 31.4 Å². The van der Waals surface area contributed by atoms with E-state index in [0.29, 0.717) is 10.5 Å². The van der Waals surface area contributed by atoms with E-state index >= 15 is 0 Å². The van der Waals surface area contributed by atoms with Gasteiger partial charge in [-0.1, -0.05) is 6.07 Å². The summed E-state index contributed by atoms with van der Waals surface area (Å²) in [7, 11) is 0. The quantitative estimate of drug-likeness (QED) is 0.0871. The van der Waals surface area contributed by atoms with Crippen LogP contribution in [0.5, 0.6) is 5.88 Å². The number of aromatic hydroxyl groups is 1. The number of carboxylic acid groups (broad SMARTS) is 1. The lowest BCUT2D eigenvalue weighted by Crippen LogP contribution is -2.71. The number of carboxylic acids is 1. The van der Waals surface area contributed by atoms with Crippen molar-refractivity contribution in [1.82, 2.24) is 25.9 Å². The third kappa shape index (κ3) is 5.61. The Kier molecular flexibility index (Phi) is 8.24. The number of β-lactam (4-membered cyclic amide) rings is 1. The number of nitrogens with one attached hydrogen (secondary N) is 3. The molecule has 1 saturated heterocycles. The summed E-state index contributed by atoms with van der Waals surface area (Å²) in [6.45, 7) is -0.262. The van der Waals surface area contributed by atoms with E-state index < -0.39 is 47.2 Å². The van der Waals surface area contributed by atoms with Crippen molar-refractivity contribution in [2.24, 2.45) is 0 Å². The van der Waals surface area contributed by atoms with E-state index in [0.717, 1.165) is 16.7 Å². The summed E-state index contributed by atoms with van der Waals surface area (Å²) < 4.78 is 0. The van der Waals surface area contributed by atoms with Crippen molar-refractivity contribution < 1.29 is 34.2 Å². The zero-order chi connectivity index (χ0) is 27.4. The van der Waals surface area contributed by atoms with E-state index in [1.165, 1.54) is 35.2 Å². The molecule has 2 aliphatic heterocycles. The molecule has 4 rings (SSSR count). The minimum absolute atomic E-state index is 0.0824. The summed E-state index contributed by atoms with van der Waals surface area (Å²) >= 11 is 3.47. The molecule has 0 bridgehead atoms. The zero-order valence-corrected chi connectivity index (χ0v) is 21.6. The number of carbonyl (C=O) groups is 4. The molecule has 5 N–H and O–H groups in total. The van der Waals surface area contributed by atoms with Crippen LogP contribution >= 0.6 is 34.9 Å². The van der Waals surface area contributed by atoms with Crippen LogP contribution in [0.4, 0.5) is 4.79 Å². The van der Waals surface area contributed by atoms with Gasteiger partial charge in [-0.3, -0.25) is 14.5 Å². The Morgan fingerprint density at radius 3 is 2.82 bits per heavy atom. The highest BCUT2D eigenvalue weighted by atomic mass is 32.2. The van der Waals surface area contributed by atoms with Gasteiger partial charge in [-0.15, -0.1) is 23.1 Å². The molecule has 1 fully saturated rings. The molecule has 38 heavy (non-hydrogen) atoms. The molecule has 14 nitrogen and oxygen atoms in total. The second kappa shape index (κ2) is 11.6. The molecule has 0 radical (unpaired) electrons. The SMILES string of the molecule is N#CCNC(=O)NC(C(=O)N[C@@H]1C(=O)N2C(C(=O)O)=C(CSc3ccc(O)n[n+]3[O-])CSC12)c1cccs1. The van der Waals surface area contributed by atoms with Crippen molar-refractivity contribution in [3.05, 3.63) is 51.0 Å². The third-order valence-corrected chi connectivity index (χ3v) is 8.75. The molecule has 0 aromatic carbocycles. The first-order valence-corrected chi connectivity index (χ1v) is 13.7. The number of nitriles is 1.